The summed E-state index contributed by atoms with van der Waals surface area (Å²) >= 11 is 0. The van der Waals surface area contributed by atoms with Crippen LogP contribution in [0.4, 0.5) is 0 Å². The Balaban J connectivity index is 1.64. The first-order valence-electron chi connectivity index (χ1n) is 7.39. The van der Waals surface area contributed by atoms with E-state index in [0.29, 0.717) is 12.0 Å². The maximum atomic E-state index is 12.1. The van der Waals surface area contributed by atoms with Crippen molar-refractivity contribution in [2.45, 2.75) is 45.1 Å². The van der Waals surface area contributed by atoms with Crippen molar-refractivity contribution in [2.24, 2.45) is 5.92 Å². The third-order valence-electron chi connectivity index (χ3n) is 4.13. The van der Waals surface area contributed by atoms with E-state index in [4.69, 9.17) is 4.74 Å². The molecule has 0 aromatic carbocycles. The lowest BCUT2D eigenvalue weighted by atomic mass is 10.0. The van der Waals surface area contributed by atoms with Crippen molar-refractivity contribution in [3.63, 3.8) is 0 Å². The maximum Gasteiger partial charge on any atom is 0.222 e. The number of nitrogens with zero attached hydrogens (tertiary/aromatic N) is 1. The monoisotopic (exact) mass is 254 g/mol. The van der Waals surface area contributed by atoms with Crippen molar-refractivity contribution in [1.82, 2.24) is 10.2 Å². The van der Waals surface area contributed by atoms with Crippen molar-refractivity contribution in [3.8, 4) is 0 Å². The highest BCUT2D eigenvalue weighted by Crippen LogP contribution is 2.18. The van der Waals surface area contributed by atoms with Crippen LogP contribution in [0.3, 0.4) is 0 Å². The molecule has 2 aliphatic heterocycles. The van der Waals surface area contributed by atoms with Gasteiger partial charge in [-0.2, -0.15) is 0 Å². The lowest BCUT2D eigenvalue weighted by molar-refractivity contribution is -0.134. The van der Waals surface area contributed by atoms with Crippen molar-refractivity contribution < 1.29 is 9.53 Å². The Labute approximate surface area is 110 Å². The van der Waals surface area contributed by atoms with Crippen LogP contribution in [-0.2, 0) is 9.53 Å². The Morgan fingerprint density at radius 1 is 1.33 bits per heavy atom. The van der Waals surface area contributed by atoms with Crippen LogP contribution >= 0.6 is 0 Å². The summed E-state index contributed by atoms with van der Waals surface area (Å²) in [5, 5.41) is 3.35. The Morgan fingerprint density at radius 2 is 2.11 bits per heavy atom. The summed E-state index contributed by atoms with van der Waals surface area (Å²) in [6.07, 6.45) is 5.40. The molecule has 18 heavy (non-hydrogen) atoms. The Hall–Kier alpha value is -0.610. The largest absolute Gasteiger partial charge is 0.378 e. The number of piperidine rings is 1. The molecule has 0 aromatic heterocycles. The van der Waals surface area contributed by atoms with E-state index in [1.807, 2.05) is 11.8 Å². The van der Waals surface area contributed by atoms with Gasteiger partial charge < -0.3 is 15.0 Å². The van der Waals surface area contributed by atoms with Crippen LogP contribution in [-0.4, -0.2) is 49.7 Å². The lowest BCUT2D eigenvalue weighted by Crippen LogP contribution is -2.41. The molecule has 2 aliphatic rings. The molecular weight excluding hydrogens is 228 g/mol. The van der Waals surface area contributed by atoms with Crippen LogP contribution < -0.4 is 5.32 Å². The molecule has 2 rings (SSSR count). The third-order valence-corrected chi connectivity index (χ3v) is 4.13. The van der Waals surface area contributed by atoms with Gasteiger partial charge in [-0.3, -0.25) is 4.79 Å². The summed E-state index contributed by atoms with van der Waals surface area (Å²) < 4.78 is 5.61. The molecule has 1 N–H and O–H groups in total. The summed E-state index contributed by atoms with van der Waals surface area (Å²) in [6, 6.07) is 0. The normalized spacial score (nSPS) is 25.6. The number of ether oxygens (including phenoxy) is 1. The van der Waals surface area contributed by atoms with E-state index in [0.717, 1.165) is 64.4 Å². The fourth-order valence-corrected chi connectivity index (χ4v) is 2.95. The molecule has 104 valence electrons. The molecule has 2 heterocycles. The van der Waals surface area contributed by atoms with Crippen molar-refractivity contribution in [2.75, 3.05) is 32.8 Å². The summed E-state index contributed by atoms with van der Waals surface area (Å²) in [5.74, 6) is 1.06. The number of nitrogens with one attached hydrogen (secondary N) is 1. The average Bonchev–Trinajstić information content (AvgIpc) is 2.90. The fraction of sp³-hybridized carbons (Fsp3) is 0.929. The number of likely N-dealkylation sites (tertiary alicyclic amines) is 1. The van der Waals surface area contributed by atoms with Crippen molar-refractivity contribution >= 4 is 5.91 Å². The zero-order valence-electron chi connectivity index (χ0n) is 11.5. The van der Waals surface area contributed by atoms with Gasteiger partial charge in [0.05, 0.1) is 6.10 Å². The molecule has 0 spiro atoms. The molecule has 2 saturated heterocycles. The van der Waals surface area contributed by atoms with Gasteiger partial charge >= 0.3 is 0 Å². The fourth-order valence-electron chi connectivity index (χ4n) is 2.95. The first kappa shape index (κ1) is 13.8. The van der Waals surface area contributed by atoms with Crippen LogP contribution in [0.25, 0.3) is 0 Å². The number of amides is 1. The Kier molecular flexibility index (Phi) is 5.45. The summed E-state index contributed by atoms with van der Waals surface area (Å²) in [6.45, 7) is 6.80. The molecule has 0 radical (unpaired) electrons. The highest BCUT2D eigenvalue weighted by molar-refractivity contribution is 5.76. The van der Waals surface area contributed by atoms with Gasteiger partial charge in [0.2, 0.25) is 5.91 Å². The third kappa shape index (κ3) is 3.95. The van der Waals surface area contributed by atoms with Gasteiger partial charge in [-0.15, -0.1) is 0 Å². The molecule has 4 nitrogen and oxygen atoms in total. The van der Waals surface area contributed by atoms with Gasteiger partial charge in [0.25, 0.3) is 0 Å². The number of carbonyl (C=O) groups excluding carboxylic acids is 1. The maximum absolute atomic E-state index is 12.1. The van der Waals surface area contributed by atoms with E-state index in [1.54, 1.807) is 0 Å². The van der Waals surface area contributed by atoms with Crippen LogP contribution in [0.5, 0.6) is 0 Å². The second-order valence-corrected chi connectivity index (χ2v) is 5.43. The summed E-state index contributed by atoms with van der Waals surface area (Å²) in [7, 11) is 0. The van der Waals surface area contributed by atoms with Crippen molar-refractivity contribution in [1.29, 1.82) is 0 Å². The summed E-state index contributed by atoms with van der Waals surface area (Å²) in [4.78, 5) is 14.1. The molecule has 4 heteroatoms. The van der Waals surface area contributed by atoms with E-state index in [2.05, 4.69) is 5.32 Å². The quantitative estimate of drug-likeness (QED) is 0.806. The van der Waals surface area contributed by atoms with Crippen molar-refractivity contribution in [3.05, 3.63) is 0 Å². The van der Waals surface area contributed by atoms with Crippen LogP contribution in [0.15, 0.2) is 0 Å². The molecular formula is C14H26N2O2. The number of rotatable bonds is 5. The molecule has 2 fully saturated rings. The van der Waals surface area contributed by atoms with E-state index >= 15 is 0 Å². The number of hydrogen-bond acceptors (Lipinski definition) is 3. The molecule has 1 amide bonds. The first-order chi connectivity index (χ1) is 8.79. The summed E-state index contributed by atoms with van der Waals surface area (Å²) in [5.41, 5.74) is 0. The van der Waals surface area contributed by atoms with Gasteiger partial charge in [-0.05, 0) is 51.6 Å². The molecule has 0 aliphatic carbocycles. The van der Waals surface area contributed by atoms with E-state index < -0.39 is 0 Å². The van der Waals surface area contributed by atoms with Gasteiger partial charge in [-0.1, -0.05) is 0 Å². The van der Waals surface area contributed by atoms with Gasteiger partial charge in [0, 0.05) is 26.1 Å². The van der Waals surface area contributed by atoms with Crippen LogP contribution in [0.1, 0.15) is 39.0 Å². The standard InChI is InChI=1S/C14H26N2O2/c1-2-18-13-6-9-16(10-7-13)14(17)4-3-12-5-8-15-11-12/h12-13,15H,2-11H2,1H3. The van der Waals surface area contributed by atoms with Gasteiger partial charge in [0.1, 0.15) is 0 Å². The van der Waals surface area contributed by atoms with Gasteiger partial charge in [0.15, 0.2) is 0 Å². The van der Waals surface area contributed by atoms with E-state index in [1.165, 1.54) is 6.42 Å². The molecule has 1 atom stereocenters. The zero-order chi connectivity index (χ0) is 12.8. The number of hydrogen-bond donors (Lipinski definition) is 1. The Morgan fingerprint density at radius 3 is 2.72 bits per heavy atom. The SMILES string of the molecule is CCOC1CCN(C(=O)CCC2CCNC2)CC1. The van der Waals surface area contributed by atoms with E-state index in [-0.39, 0.29) is 0 Å². The predicted molar refractivity (Wildman–Crippen MR) is 71.4 cm³/mol. The topological polar surface area (TPSA) is 41.6 Å². The highest BCUT2D eigenvalue weighted by atomic mass is 16.5. The lowest BCUT2D eigenvalue weighted by Gasteiger charge is -2.32. The van der Waals surface area contributed by atoms with Gasteiger partial charge in [-0.25, -0.2) is 0 Å². The first-order valence-corrected chi connectivity index (χ1v) is 7.39. The molecule has 0 aromatic rings. The van der Waals surface area contributed by atoms with E-state index in [9.17, 15) is 4.79 Å². The zero-order valence-corrected chi connectivity index (χ0v) is 11.5. The average molecular weight is 254 g/mol. The second-order valence-electron chi connectivity index (χ2n) is 5.43. The van der Waals surface area contributed by atoms with Crippen LogP contribution in [0.2, 0.25) is 0 Å². The van der Waals surface area contributed by atoms with Crippen LogP contribution in [0, 0.1) is 5.92 Å². The smallest absolute Gasteiger partial charge is 0.222 e. The molecule has 1 unspecified atom stereocenters. The second kappa shape index (κ2) is 7.10. The molecule has 0 saturated carbocycles. The predicted octanol–water partition coefficient (Wildman–Crippen LogP) is 1.40. The minimum absolute atomic E-state index is 0.344. The minimum Gasteiger partial charge on any atom is -0.378 e. The Bertz CT molecular complexity index is 257. The minimum atomic E-state index is 0.344. The highest BCUT2D eigenvalue weighted by Gasteiger charge is 2.23. The molecule has 0 bridgehead atoms. The number of carbonyl (C=O) groups is 1.